The number of imide groups is 1. The third-order valence-corrected chi connectivity index (χ3v) is 4.84. The molecule has 0 spiro atoms. The maximum atomic E-state index is 12.2. The standard InChI is InChI=1S/C23H20N4O5/c1-23(21(29)26-22(30)27-23)15-5-7-16(8-6-15)25-19(28)14-31-17-9-11-18(12-10-17)32-20-4-2-3-13-24-20/h2-13H,14H2,1H3,(H,25,28)(H2,26,27,29,30). The molecule has 1 aliphatic heterocycles. The van der Waals surface area contributed by atoms with Crippen LogP contribution < -0.4 is 25.4 Å². The number of ether oxygens (including phenoxy) is 2. The molecule has 9 nitrogen and oxygen atoms in total. The van der Waals surface area contributed by atoms with Crippen molar-refractivity contribution >= 4 is 23.5 Å². The van der Waals surface area contributed by atoms with Gasteiger partial charge in [-0.05, 0) is 55.0 Å². The van der Waals surface area contributed by atoms with Gasteiger partial charge in [0, 0.05) is 18.0 Å². The third kappa shape index (κ3) is 4.67. The van der Waals surface area contributed by atoms with Gasteiger partial charge in [0.2, 0.25) is 5.88 Å². The minimum atomic E-state index is -1.14. The average Bonchev–Trinajstić information content (AvgIpc) is 3.06. The molecule has 4 amide bonds. The lowest BCUT2D eigenvalue weighted by molar-refractivity contribution is -0.123. The number of nitrogens with zero attached hydrogens (tertiary/aromatic N) is 1. The summed E-state index contributed by atoms with van der Waals surface area (Å²) in [5.41, 5.74) is -0.00672. The van der Waals surface area contributed by atoms with E-state index in [4.69, 9.17) is 9.47 Å². The zero-order valence-corrected chi connectivity index (χ0v) is 17.1. The molecule has 3 aromatic rings. The number of urea groups is 1. The van der Waals surface area contributed by atoms with Crippen LogP contribution in [0.25, 0.3) is 0 Å². The molecule has 1 atom stereocenters. The van der Waals surface area contributed by atoms with Gasteiger partial charge in [-0.3, -0.25) is 14.9 Å². The summed E-state index contributed by atoms with van der Waals surface area (Å²) in [4.78, 5) is 39.7. The van der Waals surface area contributed by atoms with E-state index in [2.05, 4.69) is 20.9 Å². The number of aromatic nitrogens is 1. The number of carbonyl (C=O) groups is 3. The van der Waals surface area contributed by atoms with E-state index >= 15 is 0 Å². The number of benzene rings is 2. The Morgan fingerprint density at radius 2 is 1.72 bits per heavy atom. The number of hydrogen-bond acceptors (Lipinski definition) is 6. The number of rotatable bonds is 7. The van der Waals surface area contributed by atoms with Crippen LogP contribution in [0.3, 0.4) is 0 Å². The van der Waals surface area contributed by atoms with Crippen LogP contribution in [0.5, 0.6) is 17.4 Å². The van der Waals surface area contributed by atoms with Crippen molar-refractivity contribution < 1.29 is 23.9 Å². The van der Waals surface area contributed by atoms with Gasteiger partial charge in [-0.15, -0.1) is 0 Å². The smallest absolute Gasteiger partial charge is 0.322 e. The van der Waals surface area contributed by atoms with Gasteiger partial charge in [-0.2, -0.15) is 0 Å². The van der Waals surface area contributed by atoms with Crippen molar-refractivity contribution in [1.29, 1.82) is 0 Å². The molecule has 9 heteroatoms. The van der Waals surface area contributed by atoms with Crippen LogP contribution in [0.1, 0.15) is 12.5 Å². The van der Waals surface area contributed by atoms with E-state index in [0.717, 1.165) is 0 Å². The minimum absolute atomic E-state index is 0.182. The summed E-state index contributed by atoms with van der Waals surface area (Å²) in [6.45, 7) is 1.43. The van der Waals surface area contributed by atoms with Crippen molar-refractivity contribution in [3.8, 4) is 17.4 Å². The summed E-state index contributed by atoms with van der Waals surface area (Å²) >= 11 is 0. The van der Waals surface area contributed by atoms with Crippen molar-refractivity contribution in [3.05, 3.63) is 78.5 Å². The number of anilines is 1. The van der Waals surface area contributed by atoms with E-state index in [9.17, 15) is 14.4 Å². The number of amides is 4. The average molecular weight is 432 g/mol. The van der Waals surface area contributed by atoms with Crippen LogP contribution in [0.15, 0.2) is 72.9 Å². The van der Waals surface area contributed by atoms with Gasteiger partial charge in [-0.1, -0.05) is 18.2 Å². The lowest BCUT2D eigenvalue weighted by atomic mass is 9.92. The highest BCUT2D eigenvalue weighted by Gasteiger charge is 2.43. The van der Waals surface area contributed by atoms with Crippen molar-refractivity contribution in [3.63, 3.8) is 0 Å². The lowest BCUT2D eigenvalue weighted by Gasteiger charge is -2.21. The molecular formula is C23H20N4O5. The van der Waals surface area contributed by atoms with Gasteiger partial charge >= 0.3 is 6.03 Å². The second-order valence-electron chi connectivity index (χ2n) is 7.19. The summed E-state index contributed by atoms with van der Waals surface area (Å²) < 4.78 is 11.1. The van der Waals surface area contributed by atoms with Crippen LogP contribution in [-0.4, -0.2) is 29.4 Å². The predicted molar refractivity (Wildman–Crippen MR) is 115 cm³/mol. The van der Waals surface area contributed by atoms with E-state index < -0.39 is 17.5 Å². The molecule has 3 N–H and O–H groups in total. The largest absolute Gasteiger partial charge is 0.484 e. The number of hydrogen-bond donors (Lipinski definition) is 3. The van der Waals surface area contributed by atoms with Crippen LogP contribution >= 0.6 is 0 Å². The van der Waals surface area contributed by atoms with Gasteiger partial charge < -0.3 is 20.1 Å². The van der Waals surface area contributed by atoms with Crippen molar-refractivity contribution in [2.24, 2.45) is 0 Å². The summed E-state index contributed by atoms with van der Waals surface area (Å²) in [7, 11) is 0. The highest BCUT2D eigenvalue weighted by Crippen LogP contribution is 2.26. The quantitative estimate of drug-likeness (QED) is 0.494. The first kappa shape index (κ1) is 20.9. The summed E-state index contributed by atoms with van der Waals surface area (Å²) in [5, 5.41) is 7.53. The third-order valence-electron chi connectivity index (χ3n) is 4.84. The number of carbonyl (C=O) groups excluding carboxylic acids is 3. The van der Waals surface area contributed by atoms with Crippen LogP contribution in [0.4, 0.5) is 10.5 Å². The fourth-order valence-electron chi connectivity index (χ4n) is 3.11. The van der Waals surface area contributed by atoms with Gasteiger partial charge in [0.15, 0.2) is 6.61 Å². The summed E-state index contributed by atoms with van der Waals surface area (Å²) in [5.74, 6) is 0.825. The molecule has 0 bridgehead atoms. The maximum absolute atomic E-state index is 12.2. The molecule has 1 aromatic heterocycles. The van der Waals surface area contributed by atoms with E-state index in [-0.39, 0.29) is 12.5 Å². The molecule has 4 rings (SSSR count). The van der Waals surface area contributed by atoms with E-state index in [1.807, 2.05) is 6.07 Å². The molecule has 162 valence electrons. The molecule has 1 saturated heterocycles. The topological polar surface area (TPSA) is 119 Å². The first-order chi connectivity index (χ1) is 15.4. The van der Waals surface area contributed by atoms with Crippen molar-refractivity contribution in [2.45, 2.75) is 12.5 Å². The normalized spacial score (nSPS) is 17.3. The Morgan fingerprint density at radius 1 is 1.00 bits per heavy atom. The van der Waals surface area contributed by atoms with E-state index in [1.54, 1.807) is 73.8 Å². The Bertz CT molecular complexity index is 1130. The van der Waals surface area contributed by atoms with Crippen molar-refractivity contribution in [2.75, 3.05) is 11.9 Å². The molecule has 1 aliphatic rings. The highest BCUT2D eigenvalue weighted by molar-refractivity contribution is 6.07. The molecule has 32 heavy (non-hydrogen) atoms. The first-order valence-electron chi connectivity index (χ1n) is 9.78. The first-order valence-corrected chi connectivity index (χ1v) is 9.78. The fraction of sp³-hybridized carbons (Fsp3) is 0.130. The molecule has 0 radical (unpaired) electrons. The lowest BCUT2D eigenvalue weighted by Crippen LogP contribution is -2.40. The van der Waals surface area contributed by atoms with Crippen LogP contribution in [-0.2, 0) is 15.1 Å². The van der Waals surface area contributed by atoms with Gasteiger partial charge in [0.25, 0.3) is 11.8 Å². The molecule has 0 saturated carbocycles. The number of pyridine rings is 1. The Kier molecular flexibility index (Phi) is 5.71. The minimum Gasteiger partial charge on any atom is -0.484 e. The zero-order chi connectivity index (χ0) is 22.6. The van der Waals surface area contributed by atoms with E-state index in [0.29, 0.717) is 28.6 Å². The molecule has 2 heterocycles. The molecule has 1 unspecified atom stereocenters. The predicted octanol–water partition coefficient (Wildman–Crippen LogP) is 2.95. The van der Waals surface area contributed by atoms with Crippen LogP contribution in [0, 0.1) is 0 Å². The maximum Gasteiger partial charge on any atom is 0.322 e. The highest BCUT2D eigenvalue weighted by atomic mass is 16.5. The molecule has 2 aromatic carbocycles. The monoisotopic (exact) mass is 432 g/mol. The van der Waals surface area contributed by atoms with Gasteiger partial charge in [0.05, 0.1) is 0 Å². The Hall–Kier alpha value is -4.40. The Balaban J connectivity index is 1.28. The SMILES string of the molecule is CC1(c2ccc(NC(=O)COc3ccc(Oc4ccccn4)cc3)cc2)NC(=O)NC1=O. The van der Waals surface area contributed by atoms with E-state index in [1.165, 1.54) is 0 Å². The van der Waals surface area contributed by atoms with Gasteiger partial charge in [0.1, 0.15) is 17.0 Å². The second kappa shape index (κ2) is 8.76. The van der Waals surface area contributed by atoms with Crippen molar-refractivity contribution in [1.82, 2.24) is 15.6 Å². The zero-order valence-electron chi connectivity index (χ0n) is 17.1. The molecule has 1 fully saturated rings. The molecular weight excluding hydrogens is 412 g/mol. The second-order valence-corrected chi connectivity index (χ2v) is 7.19. The Morgan fingerprint density at radius 3 is 2.34 bits per heavy atom. The molecule has 0 aliphatic carbocycles. The van der Waals surface area contributed by atoms with Gasteiger partial charge in [-0.25, -0.2) is 9.78 Å². The summed E-state index contributed by atoms with van der Waals surface area (Å²) in [6, 6.07) is 18.3. The summed E-state index contributed by atoms with van der Waals surface area (Å²) in [6.07, 6.45) is 1.64. The number of nitrogens with one attached hydrogen (secondary N) is 3. The fourth-order valence-corrected chi connectivity index (χ4v) is 3.11. The Labute approximate surface area is 183 Å². The van der Waals surface area contributed by atoms with Crippen LogP contribution in [0.2, 0.25) is 0 Å².